The van der Waals surface area contributed by atoms with Gasteiger partial charge in [-0.3, -0.25) is 4.90 Å². The summed E-state index contributed by atoms with van der Waals surface area (Å²) in [6.45, 7) is 8.32. The molecule has 3 N–H and O–H groups in total. The van der Waals surface area contributed by atoms with Crippen molar-refractivity contribution in [2.75, 3.05) is 26.2 Å². The van der Waals surface area contributed by atoms with Gasteiger partial charge in [0, 0.05) is 25.7 Å². The molecule has 13 heavy (non-hydrogen) atoms. The molecule has 0 fully saturated rings. The van der Waals surface area contributed by atoms with Gasteiger partial charge >= 0.3 is 0 Å². The summed E-state index contributed by atoms with van der Waals surface area (Å²) >= 11 is 0. The number of nitrogens with two attached hydrogens (primary N) is 1. The second-order valence-electron chi connectivity index (χ2n) is 3.32. The number of hydrogen-bond donors (Lipinski definition) is 2. The molecule has 0 aliphatic rings. The highest BCUT2D eigenvalue weighted by atomic mass is 16.3. The van der Waals surface area contributed by atoms with Gasteiger partial charge in [0.2, 0.25) is 0 Å². The second-order valence-corrected chi connectivity index (χ2v) is 3.32. The zero-order valence-electron chi connectivity index (χ0n) is 8.58. The summed E-state index contributed by atoms with van der Waals surface area (Å²) in [6.07, 6.45) is 4.00. The van der Waals surface area contributed by atoms with Gasteiger partial charge in [0.05, 0.1) is 6.61 Å². The maximum absolute atomic E-state index is 8.79. The lowest BCUT2D eigenvalue weighted by molar-refractivity contribution is 0.199. The molecule has 0 aliphatic heterocycles. The normalized spacial score (nSPS) is 13.2. The highest BCUT2D eigenvalue weighted by Crippen LogP contribution is 1.97. The van der Waals surface area contributed by atoms with Gasteiger partial charge in [0.1, 0.15) is 0 Å². The Kier molecular flexibility index (Phi) is 7.99. The van der Waals surface area contributed by atoms with Crippen LogP contribution in [-0.4, -0.2) is 42.3 Å². The van der Waals surface area contributed by atoms with Crippen LogP contribution < -0.4 is 5.73 Å². The molecule has 0 rings (SSSR count). The van der Waals surface area contributed by atoms with E-state index in [1.807, 2.05) is 6.08 Å². The number of aliphatic hydroxyl groups is 1. The Bertz CT molecular complexity index is 128. The van der Waals surface area contributed by atoms with E-state index in [4.69, 9.17) is 10.8 Å². The fourth-order valence-electron chi connectivity index (χ4n) is 1.37. The van der Waals surface area contributed by atoms with Crippen LogP contribution in [-0.2, 0) is 0 Å². The lowest BCUT2D eigenvalue weighted by Crippen LogP contribution is -2.39. The smallest absolute Gasteiger partial charge is 0.0558 e. The summed E-state index contributed by atoms with van der Waals surface area (Å²) in [5.74, 6) is 0. The molecule has 0 bridgehead atoms. The largest absolute Gasteiger partial charge is 0.395 e. The second kappa shape index (κ2) is 8.23. The van der Waals surface area contributed by atoms with Crippen LogP contribution in [0.2, 0.25) is 0 Å². The molecule has 3 nitrogen and oxygen atoms in total. The predicted octanol–water partition coefficient (Wildman–Crippen LogP) is 0.594. The van der Waals surface area contributed by atoms with Crippen molar-refractivity contribution >= 4 is 0 Å². The standard InChI is InChI=1S/C10H22N2O/c1-3-5-10(11)9-12(6-4-2)7-8-13/h4,10,13H,2-3,5-9,11H2,1H3. The van der Waals surface area contributed by atoms with Gasteiger partial charge in [-0.25, -0.2) is 0 Å². The molecule has 0 spiro atoms. The van der Waals surface area contributed by atoms with Crippen LogP contribution in [0.1, 0.15) is 19.8 Å². The van der Waals surface area contributed by atoms with E-state index in [2.05, 4.69) is 18.4 Å². The van der Waals surface area contributed by atoms with Crippen LogP contribution >= 0.6 is 0 Å². The van der Waals surface area contributed by atoms with Gasteiger partial charge in [0.25, 0.3) is 0 Å². The highest BCUT2D eigenvalue weighted by molar-refractivity contribution is 4.76. The third kappa shape index (κ3) is 6.75. The molecule has 0 amide bonds. The molecule has 0 aromatic carbocycles. The lowest BCUT2D eigenvalue weighted by Gasteiger charge is -2.23. The molecule has 1 atom stereocenters. The fraction of sp³-hybridized carbons (Fsp3) is 0.800. The molecule has 1 unspecified atom stereocenters. The van der Waals surface area contributed by atoms with E-state index in [1.165, 1.54) is 0 Å². The van der Waals surface area contributed by atoms with Crippen LogP contribution in [0.15, 0.2) is 12.7 Å². The Morgan fingerprint density at radius 2 is 2.31 bits per heavy atom. The first-order valence-electron chi connectivity index (χ1n) is 4.94. The van der Waals surface area contributed by atoms with Crippen molar-refractivity contribution in [3.63, 3.8) is 0 Å². The van der Waals surface area contributed by atoms with Crippen molar-refractivity contribution in [1.29, 1.82) is 0 Å². The third-order valence-electron chi connectivity index (χ3n) is 1.96. The van der Waals surface area contributed by atoms with Gasteiger partial charge in [-0.2, -0.15) is 0 Å². The monoisotopic (exact) mass is 186 g/mol. The average Bonchev–Trinajstić information content (AvgIpc) is 2.05. The zero-order chi connectivity index (χ0) is 10.1. The fourth-order valence-corrected chi connectivity index (χ4v) is 1.37. The number of nitrogens with zero attached hydrogens (tertiary/aromatic N) is 1. The average molecular weight is 186 g/mol. The maximum Gasteiger partial charge on any atom is 0.0558 e. The Morgan fingerprint density at radius 3 is 2.77 bits per heavy atom. The van der Waals surface area contributed by atoms with Crippen molar-refractivity contribution in [3.05, 3.63) is 12.7 Å². The third-order valence-corrected chi connectivity index (χ3v) is 1.96. The summed E-state index contributed by atoms with van der Waals surface area (Å²) in [5, 5.41) is 8.79. The molecule has 0 saturated heterocycles. The summed E-state index contributed by atoms with van der Waals surface area (Å²) in [7, 11) is 0. The minimum absolute atomic E-state index is 0.187. The van der Waals surface area contributed by atoms with E-state index in [1.54, 1.807) is 0 Å². The maximum atomic E-state index is 8.79. The molecular weight excluding hydrogens is 164 g/mol. The Morgan fingerprint density at radius 1 is 1.62 bits per heavy atom. The first kappa shape index (κ1) is 12.6. The van der Waals surface area contributed by atoms with E-state index in [-0.39, 0.29) is 12.6 Å². The van der Waals surface area contributed by atoms with E-state index in [0.29, 0.717) is 6.54 Å². The summed E-state index contributed by atoms with van der Waals surface area (Å²) in [4.78, 5) is 2.12. The van der Waals surface area contributed by atoms with Gasteiger partial charge in [-0.1, -0.05) is 19.4 Å². The molecule has 0 saturated carbocycles. The Labute approximate surface area is 81.2 Å². The number of hydrogen-bond acceptors (Lipinski definition) is 3. The molecule has 0 aromatic heterocycles. The highest BCUT2D eigenvalue weighted by Gasteiger charge is 2.07. The summed E-state index contributed by atoms with van der Waals surface area (Å²) in [6, 6.07) is 0.219. The van der Waals surface area contributed by atoms with Gasteiger partial charge in [-0.15, -0.1) is 6.58 Å². The quantitative estimate of drug-likeness (QED) is 0.546. The van der Waals surface area contributed by atoms with Crippen molar-refractivity contribution in [2.45, 2.75) is 25.8 Å². The Balaban J connectivity index is 3.71. The summed E-state index contributed by atoms with van der Waals surface area (Å²) < 4.78 is 0. The van der Waals surface area contributed by atoms with E-state index in [0.717, 1.165) is 25.9 Å². The minimum atomic E-state index is 0.187. The minimum Gasteiger partial charge on any atom is -0.395 e. The van der Waals surface area contributed by atoms with Gasteiger partial charge in [0.15, 0.2) is 0 Å². The topological polar surface area (TPSA) is 49.5 Å². The lowest BCUT2D eigenvalue weighted by atomic mass is 10.1. The van der Waals surface area contributed by atoms with E-state index in [9.17, 15) is 0 Å². The Hall–Kier alpha value is -0.380. The van der Waals surface area contributed by atoms with E-state index >= 15 is 0 Å². The van der Waals surface area contributed by atoms with Crippen molar-refractivity contribution in [1.82, 2.24) is 4.90 Å². The predicted molar refractivity (Wildman–Crippen MR) is 56.6 cm³/mol. The number of aliphatic hydroxyl groups excluding tert-OH is 1. The molecular formula is C10H22N2O. The first-order valence-corrected chi connectivity index (χ1v) is 4.94. The van der Waals surface area contributed by atoms with Crippen LogP contribution in [0.5, 0.6) is 0 Å². The zero-order valence-corrected chi connectivity index (χ0v) is 8.58. The van der Waals surface area contributed by atoms with Crippen LogP contribution in [0.3, 0.4) is 0 Å². The number of rotatable bonds is 8. The molecule has 3 heteroatoms. The van der Waals surface area contributed by atoms with Crippen LogP contribution in [0.25, 0.3) is 0 Å². The first-order chi connectivity index (χ1) is 6.24. The van der Waals surface area contributed by atoms with Gasteiger partial charge < -0.3 is 10.8 Å². The van der Waals surface area contributed by atoms with Crippen LogP contribution in [0.4, 0.5) is 0 Å². The SMILES string of the molecule is C=CCN(CCO)CC(N)CCC. The van der Waals surface area contributed by atoms with Crippen LogP contribution in [0, 0.1) is 0 Å². The van der Waals surface area contributed by atoms with Crippen molar-refractivity contribution in [3.8, 4) is 0 Å². The van der Waals surface area contributed by atoms with Gasteiger partial charge in [-0.05, 0) is 6.42 Å². The molecule has 78 valence electrons. The molecule has 0 aliphatic carbocycles. The van der Waals surface area contributed by atoms with Crippen molar-refractivity contribution < 1.29 is 5.11 Å². The van der Waals surface area contributed by atoms with E-state index < -0.39 is 0 Å². The molecule has 0 aromatic rings. The summed E-state index contributed by atoms with van der Waals surface area (Å²) in [5.41, 5.74) is 5.89. The molecule has 0 heterocycles. The van der Waals surface area contributed by atoms with Crippen molar-refractivity contribution in [2.24, 2.45) is 5.73 Å². The molecule has 0 radical (unpaired) electrons.